The molecule has 0 radical (unpaired) electrons. The number of rotatable bonds is 8. The van der Waals surface area contributed by atoms with Gasteiger partial charge in [-0.05, 0) is 61.6 Å². The van der Waals surface area contributed by atoms with Crippen LogP contribution >= 0.6 is 11.6 Å². The maximum Gasteiger partial charge on any atom is 0.452 e. The molecule has 10 nitrogen and oxygen atoms in total. The first-order valence-corrected chi connectivity index (χ1v) is 16.9. The third kappa shape index (κ3) is 7.88. The Morgan fingerprint density at radius 3 is 2.29 bits per heavy atom. The van der Waals surface area contributed by atoms with Crippen molar-refractivity contribution >= 4 is 35.2 Å². The lowest BCUT2D eigenvalue weighted by Crippen LogP contribution is -2.43. The van der Waals surface area contributed by atoms with Crippen LogP contribution in [0.25, 0.3) is 11.5 Å². The van der Waals surface area contributed by atoms with E-state index in [4.69, 9.17) is 20.8 Å². The second-order valence-corrected chi connectivity index (χ2v) is 13.5. The summed E-state index contributed by atoms with van der Waals surface area (Å²) >= 11 is 6.41. The number of amides is 3. The molecule has 14 heteroatoms. The molecule has 1 aromatic heterocycles. The first kappa shape index (κ1) is 34.8. The lowest BCUT2D eigenvalue weighted by atomic mass is 10.0. The Kier molecular flexibility index (Phi) is 10.2. The number of benzene rings is 2. The van der Waals surface area contributed by atoms with Crippen LogP contribution in [0.15, 0.2) is 52.9 Å². The van der Waals surface area contributed by atoms with Crippen molar-refractivity contribution in [2.45, 2.75) is 45.4 Å². The summed E-state index contributed by atoms with van der Waals surface area (Å²) in [7, 11) is 0. The number of piperidine rings is 1. The number of hydrogen-bond donors (Lipinski definition) is 0. The lowest BCUT2D eigenvalue weighted by Gasteiger charge is -2.32. The van der Waals surface area contributed by atoms with Crippen molar-refractivity contribution in [3.8, 4) is 11.5 Å². The van der Waals surface area contributed by atoms with Gasteiger partial charge in [0.25, 0.3) is 5.91 Å². The summed E-state index contributed by atoms with van der Waals surface area (Å²) in [5.41, 5.74) is 1.17. The minimum absolute atomic E-state index is 0.00838. The SMILES string of the molecule is CC(=O)N1CCC(OC(=O)N(CCCN2CC3CN(C(=O)c4nc(-c5ccccc5)oc4C(F)(F)F)CC3C2)c2ccc(C)c(Cl)c2)CC1. The van der Waals surface area contributed by atoms with Gasteiger partial charge in [0, 0.05) is 81.9 Å². The second kappa shape index (κ2) is 14.4. The number of aromatic nitrogens is 1. The summed E-state index contributed by atoms with van der Waals surface area (Å²) in [5, 5.41) is 0.542. The van der Waals surface area contributed by atoms with E-state index in [1.54, 1.807) is 46.2 Å². The van der Waals surface area contributed by atoms with Crippen LogP contribution in [-0.4, -0.2) is 96.1 Å². The summed E-state index contributed by atoms with van der Waals surface area (Å²) in [6, 6.07) is 13.7. The molecule has 2 unspecified atom stereocenters. The van der Waals surface area contributed by atoms with Gasteiger partial charge in [-0.1, -0.05) is 35.9 Å². The predicted molar refractivity (Wildman–Crippen MR) is 176 cm³/mol. The van der Waals surface area contributed by atoms with Gasteiger partial charge in [-0.25, -0.2) is 9.78 Å². The third-order valence-corrected chi connectivity index (χ3v) is 10.1. The average molecular weight is 702 g/mol. The molecule has 6 rings (SSSR count). The summed E-state index contributed by atoms with van der Waals surface area (Å²) in [6.07, 6.45) is -3.82. The van der Waals surface area contributed by atoms with Crippen molar-refractivity contribution in [1.29, 1.82) is 0 Å². The maximum atomic E-state index is 13.9. The van der Waals surface area contributed by atoms with Gasteiger partial charge in [0.1, 0.15) is 6.10 Å². The van der Waals surface area contributed by atoms with E-state index in [1.165, 1.54) is 11.8 Å². The number of carbonyl (C=O) groups is 3. The standard InChI is InChI=1S/C35H39ClF3N5O5/c1-22-9-10-27(17-29(22)36)44(34(47)48-28-11-15-42(16-12-28)23(2)45)14-6-13-41-18-25-20-43(21-26(25)19-41)33(46)30-31(35(37,38)39)49-32(40-30)24-7-4-3-5-8-24/h3-5,7-10,17,25-26,28H,6,11-16,18-21H2,1-2H3. The van der Waals surface area contributed by atoms with Crippen LogP contribution in [0.1, 0.15) is 48.0 Å². The van der Waals surface area contributed by atoms with E-state index < -0.39 is 29.6 Å². The first-order chi connectivity index (χ1) is 23.4. The molecule has 0 aliphatic carbocycles. The van der Waals surface area contributed by atoms with Gasteiger partial charge in [0.2, 0.25) is 17.6 Å². The predicted octanol–water partition coefficient (Wildman–Crippen LogP) is 6.37. The Bertz CT molecular complexity index is 1660. The Hall–Kier alpha value is -4.10. The highest BCUT2D eigenvalue weighted by atomic mass is 35.5. The van der Waals surface area contributed by atoms with Gasteiger partial charge in [0.15, 0.2) is 5.69 Å². The number of aryl methyl sites for hydroxylation is 1. The van der Waals surface area contributed by atoms with E-state index in [1.807, 2.05) is 19.1 Å². The minimum atomic E-state index is -4.87. The minimum Gasteiger partial charge on any atom is -0.446 e. The number of anilines is 1. The van der Waals surface area contributed by atoms with E-state index in [9.17, 15) is 27.6 Å². The molecule has 3 aliphatic rings. The molecule has 4 heterocycles. The number of likely N-dealkylation sites (tertiary alicyclic amines) is 3. The van der Waals surface area contributed by atoms with Gasteiger partial charge < -0.3 is 23.9 Å². The molecular formula is C35H39ClF3N5O5. The number of alkyl halides is 3. The van der Waals surface area contributed by atoms with Crippen molar-refractivity contribution in [2.75, 3.05) is 57.3 Å². The van der Waals surface area contributed by atoms with Gasteiger partial charge >= 0.3 is 12.3 Å². The Morgan fingerprint density at radius 2 is 1.67 bits per heavy atom. The molecule has 2 aromatic carbocycles. The van der Waals surface area contributed by atoms with E-state index in [-0.39, 0.29) is 29.7 Å². The number of hydrogen-bond acceptors (Lipinski definition) is 7. The Morgan fingerprint density at radius 1 is 1.00 bits per heavy atom. The Labute approximate surface area is 287 Å². The summed E-state index contributed by atoms with van der Waals surface area (Å²) in [6.45, 7) is 7.60. The zero-order chi connectivity index (χ0) is 34.9. The zero-order valence-corrected chi connectivity index (χ0v) is 28.2. The maximum absolute atomic E-state index is 13.9. The molecular weight excluding hydrogens is 663 g/mol. The fraction of sp³-hybridized carbons (Fsp3) is 0.486. The molecule has 3 fully saturated rings. The van der Waals surface area contributed by atoms with Crippen LogP contribution in [0.5, 0.6) is 0 Å². The van der Waals surface area contributed by atoms with Crippen LogP contribution in [0.3, 0.4) is 0 Å². The number of halogens is 4. The van der Waals surface area contributed by atoms with Crippen molar-refractivity contribution in [1.82, 2.24) is 19.7 Å². The molecule has 0 N–H and O–H groups in total. The summed E-state index contributed by atoms with van der Waals surface area (Å²) < 4.78 is 52.6. The topological polar surface area (TPSA) is 99.4 Å². The monoisotopic (exact) mass is 701 g/mol. The highest BCUT2D eigenvalue weighted by Gasteiger charge is 2.46. The fourth-order valence-corrected chi connectivity index (χ4v) is 7.15. The first-order valence-electron chi connectivity index (χ1n) is 16.5. The second-order valence-electron chi connectivity index (χ2n) is 13.1. The van der Waals surface area contributed by atoms with Gasteiger partial charge in [-0.15, -0.1) is 0 Å². The quantitative estimate of drug-likeness (QED) is 0.269. The molecule has 0 bridgehead atoms. The van der Waals surface area contributed by atoms with Crippen molar-refractivity contribution in [3.63, 3.8) is 0 Å². The number of oxazole rings is 1. The van der Waals surface area contributed by atoms with E-state index in [0.29, 0.717) is 87.9 Å². The van der Waals surface area contributed by atoms with Crippen LogP contribution in [0, 0.1) is 18.8 Å². The lowest BCUT2D eigenvalue weighted by molar-refractivity contribution is -0.153. The molecule has 3 aliphatic heterocycles. The van der Waals surface area contributed by atoms with Gasteiger partial charge in [-0.2, -0.15) is 13.2 Å². The number of ether oxygens (including phenoxy) is 1. The molecule has 3 saturated heterocycles. The zero-order valence-electron chi connectivity index (χ0n) is 27.4. The van der Waals surface area contributed by atoms with Crippen LogP contribution < -0.4 is 4.90 Å². The molecule has 262 valence electrons. The molecule has 0 spiro atoms. The van der Waals surface area contributed by atoms with Crippen LogP contribution in [-0.2, 0) is 15.7 Å². The number of fused-ring (bicyclic) bond motifs is 1. The molecule has 49 heavy (non-hydrogen) atoms. The highest BCUT2D eigenvalue weighted by Crippen LogP contribution is 2.38. The Balaban J connectivity index is 1.05. The number of carbonyl (C=O) groups excluding carboxylic acids is 3. The van der Waals surface area contributed by atoms with Crippen molar-refractivity contribution < 1.29 is 36.7 Å². The van der Waals surface area contributed by atoms with Crippen molar-refractivity contribution in [3.05, 3.63) is 70.6 Å². The van der Waals surface area contributed by atoms with E-state index in [0.717, 1.165) is 5.56 Å². The van der Waals surface area contributed by atoms with Gasteiger partial charge in [-0.3, -0.25) is 14.5 Å². The van der Waals surface area contributed by atoms with Gasteiger partial charge in [0.05, 0.1) is 0 Å². The average Bonchev–Trinajstić information content (AvgIpc) is 3.79. The fourth-order valence-electron chi connectivity index (χ4n) is 6.97. The summed E-state index contributed by atoms with van der Waals surface area (Å²) in [4.78, 5) is 49.6. The summed E-state index contributed by atoms with van der Waals surface area (Å²) in [5.74, 6) is -2.18. The van der Waals surface area contributed by atoms with Crippen molar-refractivity contribution in [2.24, 2.45) is 11.8 Å². The van der Waals surface area contributed by atoms with E-state index >= 15 is 0 Å². The largest absolute Gasteiger partial charge is 0.452 e. The smallest absolute Gasteiger partial charge is 0.446 e. The number of nitrogens with zero attached hydrogens (tertiary/aromatic N) is 5. The van der Waals surface area contributed by atoms with Crippen LogP contribution in [0.2, 0.25) is 5.02 Å². The van der Waals surface area contributed by atoms with Crippen LogP contribution in [0.4, 0.5) is 23.7 Å². The van der Waals surface area contributed by atoms with E-state index in [2.05, 4.69) is 9.88 Å². The molecule has 0 saturated carbocycles. The highest BCUT2D eigenvalue weighted by molar-refractivity contribution is 6.31. The molecule has 3 aromatic rings. The third-order valence-electron chi connectivity index (χ3n) is 9.66. The molecule has 3 amide bonds. The normalized spacial score (nSPS) is 20.0. The molecule has 2 atom stereocenters.